The van der Waals surface area contributed by atoms with Crippen LogP contribution >= 0.6 is 0 Å². The zero-order valence-electron chi connectivity index (χ0n) is 10.3. The van der Waals surface area contributed by atoms with E-state index in [0.29, 0.717) is 18.8 Å². The molecule has 0 bridgehead atoms. The minimum atomic E-state index is -4.44. The Morgan fingerprint density at radius 1 is 1.30 bits per heavy atom. The van der Waals surface area contributed by atoms with Crippen molar-refractivity contribution in [2.45, 2.75) is 6.18 Å². The van der Waals surface area contributed by atoms with E-state index in [1.165, 1.54) is 29.2 Å². The first-order valence-corrected chi connectivity index (χ1v) is 5.87. The standard InChI is InChI=1S/C12H12F3N3O2/c13-12(14,15)7-17-10(19)8-1-3-9(4-2-8)18-6-5-16-11(18)20/h1-4H,5-7H2,(H,16,20)(H,17,19). The van der Waals surface area contributed by atoms with Gasteiger partial charge in [-0.25, -0.2) is 4.79 Å². The predicted octanol–water partition coefficient (Wildman–Crippen LogP) is 1.51. The minimum Gasteiger partial charge on any atom is -0.343 e. The second-order valence-electron chi connectivity index (χ2n) is 4.23. The van der Waals surface area contributed by atoms with Crippen LogP contribution in [0.2, 0.25) is 0 Å². The number of rotatable bonds is 3. The predicted molar refractivity (Wildman–Crippen MR) is 65.6 cm³/mol. The number of nitrogens with zero attached hydrogens (tertiary/aromatic N) is 1. The smallest absolute Gasteiger partial charge is 0.343 e. The van der Waals surface area contributed by atoms with Crippen LogP contribution in [0.1, 0.15) is 10.4 Å². The van der Waals surface area contributed by atoms with Gasteiger partial charge in [0.2, 0.25) is 0 Å². The second kappa shape index (κ2) is 5.40. The molecule has 1 aliphatic heterocycles. The van der Waals surface area contributed by atoms with Crippen LogP contribution in [0.4, 0.5) is 23.7 Å². The van der Waals surface area contributed by atoms with Crippen molar-refractivity contribution in [3.8, 4) is 0 Å². The molecule has 1 aromatic rings. The first-order valence-electron chi connectivity index (χ1n) is 5.87. The Kier molecular flexibility index (Phi) is 3.82. The summed E-state index contributed by atoms with van der Waals surface area (Å²) in [5.74, 6) is -0.806. The maximum atomic E-state index is 12.0. The van der Waals surface area contributed by atoms with Crippen molar-refractivity contribution in [2.24, 2.45) is 0 Å². The van der Waals surface area contributed by atoms with Crippen LogP contribution in [0.5, 0.6) is 0 Å². The lowest BCUT2D eigenvalue weighted by Crippen LogP contribution is -2.33. The SMILES string of the molecule is O=C(NCC(F)(F)F)c1ccc(N2CCNC2=O)cc1. The molecular formula is C12H12F3N3O2. The summed E-state index contributed by atoms with van der Waals surface area (Å²) >= 11 is 0. The molecule has 8 heteroatoms. The Morgan fingerprint density at radius 2 is 1.95 bits per heavy atom. The highest BCUT2D eigenvalue weighted by atomic mass is 19.4. The normalized spacial score (nSPS) is 15.2. The highest BCUT2D eigenvalue weighted by molar-refractivity contribution is 5.97. The molecule has 20 heavy (non-hydrogen) atoms. The lowest BCUT2D eigenvalue weighted by Gasteiger charge is -2.14. The zero-order chi connectivity index (χ0) is 14.8. The molecule has 1 aromatic carbocycles. The van der Waals surface area contributed by atoms with Crippen molar-refractivity contribution < 1.29 is 22.8 Å². The van der Waals surface area contributed by atoms with Crippen molar-refractivity contribution in [3.05, 3.63) is 29.8 Å². The number of hydrogen-bond donors (Lipinski definition) is 2. The summed E-state index contributed by atoms with van der Waals surface area (Å²) in [7, 11) is 0. The molecule has 0 spiro atoms. The van der Waals surface area contributed by atoms with Crippen molar-refractivity contribution in [2.75, 3.05) is 24.5 Å². The molecule has 1 saturated heterocycles. The van der Waals surface area contributed by atoms with Crippen molar-refractivity contribution in [1.82, 2.24) is 10.6 Å². The van der Waals surface area contributed by atoms with Gasteiger partial charge in [0.15, 0.2) is 0 Å². The molecule has 1 heterocycles. The third-order valence-electron chi connectivity index (χ3n) is 2.75. The summed E-state index contributed by atoms with van der Waals surface area (Å²) in [6.07, 6.45) is -4.44. The van der Waals surface area contributed by atoms with Gasteiger partial charge in [-0.2, -0.15) is 13.2 Å². The third kappa shape index (κ3) is 3.40. The molecule has 0 aliphatic carbocycles. The number of urea groups is 1. The van der Waals surface area contributed by atoms with Crippen molar-refractivity contribution in [3.63, 3.8) is 0 Å². The first-order chi connectivity index (χ1) is 9.37. The van der Waals surface area contributed by atoms with Gasteiger partial charge in [-0.1, -0.05) is 0 Å². The number of carbonyl (C=O) groups excluding carboxylic acids is 2. The summed E-state index contributed by atoms with van der Waals surface area (Å²) in [6.45, 7) is -0.326. The van der Waals surface area contributed by atoms with Crippen LogP contribution in [0, 0.1) is 0 Å². The molecule has 108 valence electrons. The lowest BCUT2D eigenvalue weighted by atomic mass is 10.2. The van der Waals surface area contributed by atoms with Crippen molar-refractivity contribution >= 4 is 17.6 Å². The molecule has 2 N–H and O–H groups in total. The number of halogens is 3. The van der Waals surface area contributed by atoms with E-state index in [1.54, 1.807) is 5.32 Å². The van der Waals surface area contributed by atoms with Crippen LogP contribution in [0.3, 0.4) is 0 Å². The molecule has 2 rings (SSSR count). The first kappa shape index (κ1) is 14.2. The number of alkyl halides is 3. The Bertz CT molecular complexity index is 514. The largest absolute Gasteiger partial charge is 0.405 e. The number of anilines is 1. The molecule has 5 nitrogen and oxygen atoms in total. The summed E-state index contributed by atoms with van der Waals surface area (Å²) < 4.78 is 35.9. The summed E-state index contributed by atoms with van der Waals surface area (Å²) in [5, 5.41) is 4.40. The number of hydrogen-bond acceptors (Lipinski definition) is 2. The average molecular weight is 287 g/mol. The maximum Gasteiger partial charge on any atom is 0.405 e. The van der Waals surface area contributed by atoms with Crippen LogP contribution in [-0.2, 0) is 0 Å². The highest BCUT2D eigenvalue weighted by Crippen LogP contribution is 2.17. The molecule has 0 saturated carbocycles. The lowest BCUT2D eigenvalue weighted by molar-refractivity contribution is -0.123. The molecule has 0 atom stereocenters. The number of carbonyl (C=O) groups is 2. The van der Waals surface area contributed by atoms with E-state index in [2.05, 4.69) is 5.32 Å². The highest BCUT2D eigenvalue weighted by Gasteiger charge is 2.28. The van der Waals surface area contributed by atoms with E-state index in [4.69, 9.17) is 0 Å². The second-order valence-corrected chi connectivity index (χ2v) is 4.23. The molecule has 3 amide bonds. The number of nitrogens with one attached hydrogen (secondary N) is 2. The average Bonchev–Trinajstić information content (AvgIpc) is 2.81. The van der Waals surface area contributed by atoms with Gasteiger partial charge in [0.25, 0.3) is 5.91 Å². The topological polar surface area (TPSA) is 61.4 Å². The molecule has 0 aromatic heterocycles. The monoisotopic (exact) mass is 287 g/mol. The van der Waals surface area contributed by atoms with Gasteiger partial charge in [0.1, 0.15) is 6.54 Å². The van der Waals surface area contributed by atoms with Crippen LogP contribution in [-0.4, -0.2) is 37.7 Å². The number of amides is 3. The van der Waals surface area contributed by atoms with Crippen LogP contribution in [0.25, 0.3) is 0 Å². The Labute approximate surface area is 112 Å². The van der Waals surface area contributed by atoms with Gasteiger partial charge < -0.3 is 10.6 Å². The third-order valence-corrected chi connectivity index (χ3v) is 2.75. The fraction of sp³-hybridized carbons (Fsp3) is 0.333. The zero-order valence-corrected chi connectivity index (χ0v) is 10.3. The van der Waals surface area contributed by atoms with E-state index < -0.39 is 18.6 Å². The molecule has 1 fully saturated rings. The van der Waals surface area contributed by atoms with E-state index in [0.717, 1.165) is 0 Å². The molecule has 0 unspecified atom stereocenters. The molecular weight excluding hydrogens is 275 g/mol. The van der Waals surface area contributed by atoms with Gasteiger partial charge in [-0.15, -0.1) is 0 Å². The van der Waals surface area contributed by atoms with Gasteiger partial charge >= 0.3 is 12.2 Å². The van der Waals surface area contributed by atoms with Gasteiger partial charge in [-0.05, 0) is 24.3 Å². The fourth-order valence-corrected chi connectivity index (χ4v) is 1.79. The fourth-order valence-electron chi connectivity index (χ4n) is 1.79. The summed E-state index contributed by atoms with van der Waals surface area (Å²) in [6, 6.07) is 5.57. The van der Waals surface area contributed by atoms with E-state index in [9.17, 15) is 22.8 Å². The minimum absolute atomic E-state index is 0.109. The molecule has 1 aliphatic rings. The Morgan fingerprint density at radius 3 is 2.45 bits per heavy atom. The Balaban J connectivity index is 2.01. The molecule has 0 radical (unpaired) electrons. The quantitative estimate of drug-likeness (QED) is 0.885. The van der Waals surface area contributed by atoms with E-state index in [-0.39, 0.29) is 11.6 Å². The van der Waals surface area contributed by atoms with Crippen LogP contribution < -0.4 is 15.5 Å². The van der Waals surface area contributed by atoms with Gasteiger partial charge in [0.05, 0.1) is 0 Å². The van der Waals surface area contributed by atoms with Crippen LogP contribution in [0.15, 0.2) is 24.3 Å². The summed E-state index contributed by atoms with van der Waals surface area (Å²) in [5.41, 5.74) is 0.699. The van der Waals surface area contributed by atoms with Gasteiger partial charge in [0, 0.05) is 24.3 Å². The van der Waals surface area contributed by atoms with Gasteiger partial charge in [-0.3, -0.25) is 9.69 Å². The number of benzene rings is 1. The summed E-state index contributed by atoms with van der Waals surface area (Å²) in [4.78, 5) is 24.4. The van der Waals surface area contributed by atoms with E-state index >= 15 is 0 Å². The van der Waals surface area contributed by atoms with Crippen molar-refractivity contribution in [1.29, 1.82) is 0 Å². The maximum absolute atomic E-state index is 12.0. The Hall–Kier alpha value is -2.25. The van der Waals surface area contributed by atoms with E-state index in [1.807, 2.05) is 0 Å².